The van der Waals surface area contributed by atoms with Gasteiger partial charge in [0.1, 0.15) is 5.82 Å². The van der Waals surface area contributed by atoms with Crippen LogP contribution in [0.25, 0.3) is 0 Å². The third-order valence-electron chi connectivity index (χ3n) is 3.00. The fourth-order valence-electron chi connectivity index (χ4n) is 2.01. The van der Waals surface area contributed by atoms with Gasteiger partial charge in [-0.05, 0) is 31.2 Å². The molecule has 4 nitrogen and oxygen atoms in total. The van der Waals surface area contributed by atoms with Gasteiger partial charge in [0.25, 0.3) is 0 Å². The molecule has 1 aromatic carbocycles. The molecule has 0 aliphatic rings. The van der Waals surface area contributed by atoms with Gasteiger partial charge in [0.15, 0.2) is 11.6 Å². The largest absolute Gasteiger partial charge is 0.494 e. The van der Waals surface area contributed by atoms with Crippen molar-refractivity contribution in [1.29, 1.82) is 0 Å². The summed E-state index contributed by atoms with van der Waals surface area (Å²) in [6.45, 7) is 3.10. The Morgan fingerprint density at radius 3 is 2.84 bits per heavy atom. The van der Waals surface area contributed by atoms with Crippen molar-refractivity contribution >= 4 is 0 Å². The van der Waals surface area contributed by atoms with Crippen LogP contribution in [-0.4, -0.2) is 23.2 Å². The number of methoxy groups -OCH3 is 1. The summed E-state index contributed by atoms with van der Waals surface area (Å²) in [7, 11) is 1.46. The lowest BCUT2D eigenvalue weighted by atomic mass is 10.2. The van der Waals surface area contributed by atoms with E-state index in [0.717, 1.165) is 23.5 Å². The Morgan fingerprint density at radius 2 is 2.21 bits per heavy atom. The summed E-state index contributed by atoms with van der Waals surface area (Å²) in [5.74, 6) is 0.814. The number of hydrogen-bond donors (Lipinski definition) is 1. The SMILES string of the molecule is COc1ccc(Cn2cc(CCN)nc2C)cc1F. The van der Waals surface area contributed by atoms with Gasteiger partial charge in [0, 0.05) is 19.2 Å². The van der Waals surface area contributed by atoms with Gasteiger partial charge >= 0.3 is 0 Å². The van der Waals surface area contributed by atoms with Gasteiger partial charge in [0.2, 0.25) is 0 Å². The fourth-order valence-corrected chi connectivity index (χ4v) is 2.01. The maximum absolute atomic E-state index is 13.6. The highest BCUT2D eigenvalue weighted by Crippen LogP contribution is 2.18. The number of halogens is 1. The summed E-state index contributed by atoms with van der Waals surface area (Å²) >= 11 is 0. The predicted octanol–water partition coefficient (Wildman–Crippen LogP) is 1.89. The Bertz CT molecular complexity index is 566. The molecule has 19 heavy (non-hydrogen) atoms. The van der Waals surface area contributed by atoms with Crippen molar-refractivity contribution < 1.29 is 9.13 Å². The standard InChI is InChI=1S/C14H18FN3O/c1-10-17-12(5-6-16)9-18(10)8-11-3-4-14(19-2)13(15)7-11/h3-4,7,9H,5-6,8,16H2,1-2H3. The zero-order valence-corrected chi connectivity index (χ0v) is 11.2. The van der Waals surface area contributed by atoms with Gasteiger partial charge in [-0.1, -0.05) is 6.07 Å². The molecule has 5 heteroatoms. The number of rotatable bonds is 5. The minimum Gasteiger partial charge on any atom is -0.494 e. The number of aromatic nitrogens is 2. The van der Waals surface area contributed by atoms with Crippen molar-refractivity contribution in [2.75, 3.05) is 13.7 Å². The average Bonchev–Trinajstić information content (AvgIpc) is 2.70. The Labute approximate surface area is 112 Å². The summed E-state index contributed by atoms with van der Waals surface area (Å²) in [4.78, 5) is 4.42. The second kappa shape index (κ2) is 5.84. The Kier molecular flexibility index (Phi) is 4.16. The molecule has 2 rings (SSSR count). The second-order valence-electron chi connectivity index (χ2n) is 4.41. The predicted molar refractivity (Wildman–Crippen MR) is 71.8 cm³/mol. The number of benzene rings is 1. The molecule has 1 heterocycles. The summed E-state index contributed by atoms with van der Waals surface area (Å²) in [6, 6.07) is 4.97. The maximum atomic E-state index is 13.6. The van der Waals surface area contributed by atoms with Crippen LogP contribution in [0.2, 0.25) is 0 Å². The first-order chi connectivity index (χ1) is 9.13. The van der Waals surface area contributed by atoms with Gasteiger partial charge in [-0.2, -0.15) is 0 Å². The van der Waals surface area contributed by atoms with Gasteiger partial charge in [-0.25, -0.2) is 9.37 Å². The number of nitrogens with two attached hydrogens (primary N) is 1. The third-order valence-corrected chi connectivity index (χ3v) is 3.00. The topological polar surface area (TPSA) is 53.1 Å². The van der Waals surface area contributed by atoms with Gasteiger partial charge in [0.05, 0.1) is 12.8 Å². The quantitative estimate of drug-likeness (QED) is 0.896. The zero-order valence-electron chi connectivity index (χ0n) is 11.2. The van der Waals surface area contributed by atoms with Crippen LogP contribution in [0.4, 0.5) is 4.39 Å². The lowest BCUT2D eigenvalue weighted by Gasteiger charge is -2.07. The van der Waals surface area contributed by atoms with E-state index in [1.54, 1.807) is 6.07 Å². The first-order valence-electron chi connectivity index (χ1n) is 6.19. The van der Waals surface area contributed by atoms with E-state index in [1.807, 2.05) is 23.8 Å². The molecular formula is C14H18FN3O. The highest BCUT2D eigenvalue weighted by Gasteiger charge is 2.07. The van der Waals surface area contributed by atoms with Crippen molar-refractivity contribution in [2.24, 2.45) is 5.73 Å². The lowest BCUT2D eigenvalue weighted by Crippen LogP contribution is -2.03. The van der Waals surface area contributed by atoms with Crippen LogP contribution in [0, 0.1) is 12.7 Å². The van der Waals surface area contributed by atoms with Gasteiger partial charge in [-0.3, -0.25) is 0 Å². The fraction of sp³-hybridized carbons (Fsp3) is 0.357. The van der Waals surface area contributed by atoms with E-state index in [2.05, 4.69) is 4.98 Å². The molecular weight excluding hydrogens is 245 g/mol. The number of aryl methyl sites for hydroxylation is 1. The van der Waals surface area contributed by atoms with E-state index >= 15 is 0 Å². The normalized spacial score (nSPS) is 10.7. The number of hydrogen-bond acceptors (Lipinski definition) is 3. The molecule has 0 aliphatic carbocycles. The number of imidazole rings is 1. The molecule has 102 valence electrons. The molecule has 0 radical (unpaired) electrons. The molecule has 0 saturated carbocycles. The Balaban J connectivity index is 2.18. The van der Waals surface area contributed by atoms with Crippen LogP contribution in [0.3, 0.4) is 0 Å². The van der Waals surface area contributed by atoms with Crippen molar-refractivity contribution in [3.8, 4) is 5.75 Å². The summed E-state index contributed by atoms with van der Waals surface area (Å²) in [5, 5.41) is 0. The second-order valence-corrected chi connectivity index (χ2v) is 4.41. The first-order valence-corrected chi connectivity index (χ1v) is 6.19. The smallest absolute Gasteiger partial charge is 0.165 e. The highest BCUT2D eigenvalue weighted by atomic mass is 19.1. The lowest BCUT2D eigenvalue weighted by molar-refractivity contribution is 0.386. The van der Waals surface area contributed by atoms with Crippen LogP contribution in [0.15, 0.2) is 24.4 Å². The number of nitrogens with zero attached hydrogens (tertiary/aromatic N) is 2. The Hall–Kier alpha value is -1.88. The molecule has 0 bridgehead atoms. The first kappa shape index (κ1) is 13.5. The molecule has 0 spiro atoms. The molecule has 0 saturated heterocycles. The maximum Gasteiger partial charge on any atom is 0.165 e. The van der Waals surface area contributed by atoms with Crippen molar-refractivity contribution in [3.05, 3.63) is 47.3 Å². The molecule has 0 aliphatic heterocycles. The Morgan fingerprint density at radius 1 is 1.42 bits per heavy atom. The van der Waals surface area contributed by atoms with Crippen LogP contribution in [0.1, 0.15) is 17.1 Å². The van der Waals surface area contributed by atoms with Crippen molar-refractivity contribution in [1.82, 2.24) is 9.55 Å². The monoisotopic (exact) mass is 263 g/mol. The average molecular weight is 263 g/mol. The van der Waals surface area contributed by atoms with Crippen molar-refractivity contribution in [3.63, 3.8) is 0 Å². The van der Waals surface area contributed by atoms with E-state index in [-0.39, 0.29) is 11.6 Å². The van der Waals surface area contributed by atoms with Crippen LogP contribution >= 0.6 is 0 Å². The molecule has 0 atom stereocenters. The summed E-state index contributed by atoms with van der Waals surface area (Å²) < 4.78 is 20.5. The van der Waals surface area contributed by atoms with E-state index in [9.17, 15) is 4.39 Å². The summed E-state index contributed by atoms with van der Waals surface area (Å²) in [5.41, 5.74) is 7.35. The van der Waals surface area contributed by atoms with Crippen molar-refractivity contribution in [2.45, 2.75) is 19.9 Å². The van der Waals surface area contributed by atoms with Gasteiger partial charge < -0.3 is 15.0 Å². The minimum absolute atomic E-state index is 0.259. The summed E-state index contributed by atoms with van der Waals surface area (Å²) in [6.07, 6.45) is 2.72. The zero-order chi connectivity index (χ0) is 13.8. The van der Waals surface area contributed by atoms with E-state index < -0.39 is 0 Å². The van der Waals surface area contributed by atoms with Gasteiger partial charge in [-0.15, -0.1) is 0 Å². The molecule has 0 amide bonds. The minimum atomic E-state index is -0.347. The molecule has 0 unspecified atom stereocenters. The van der Waals surface area contributed by atoms with Crippen LogP contribution in [-0.2, 0) is 13.0 Å². The molecule has 2 N–H and O–H groups in total. The van der Waals surface area contributed by atoms with E-state index in [4.69, 9.17) is 10.5 Å². The van der Waals surface area contributed by atoms with Crippen LogP contribution < -0.4 is 10.5 Å². The number of ether oxygens (including phenoxy) is 1. The van der Waals surface area contributed by atoms with E-state index in [0.29, 0.717) is 13.1 Å². The molecule has 2 aromatic rings. The molecule has 0 fully saturated rings. The molecule has 1 aromatic heterocycles. The van der Waals surface area contributed by atoms with E-state index in [1.165, 1.54) is 13.2 Å². The van der Waals surface area contributed by atoms with Crippen LogP contribution in [0.5, 0.6) is 5.75 Å². The highest BCUT2D eigenvalue weighted by molar-refractivity contribution is 5.29. The third kappa shape index (κ3) is 3.12.